The summed E-state index contributed by atoms with van der Waals surface area (Å²) in [6.45, 7) is 20.0. The lowest BCUT2D eigenvalue weighted by Crippen LogP contribution is -2.42. The Kier molecular flexibility index (Phi) is 16.1. The Morgan fingerprint density at radius 2 is 1.76 bits per heavy atom. The van der Waals surface area contributed by atoms with E-state index in [4.69, 9.17) is 4.99 Å². The van der Waals surface area contributed by atoms with Crippen molar-refractivity contribution in [1.29, 1.82) is 0 Å². The molecule has 0 amide bonds. The van der Waals surface area contributed by atoms with Crippen LogP contribution in [0.2, 0.25) is 0 Å². The smallest absolute Gasteiger partial charge is 0.191 e. The third kappa shape index (κ3) is 11.0. The number of anilines is 1. The number of guanidine groups is 1. The zero-order valence-electron chi connectivity index (χ0n) is 19.4. The SMILES string of the molecule is CCNC(=NCc1ccc(N(CC)CC)nc1)NC(C)CCCN(CC)CC.I. The van der Waals surface area contributed by atoms with Gasteiger partial charge in [0.15, 0.2) is 5.96 Å². The highest BCUT2D eigenvalue weighted by Gasteiger charge is 2.07. The molecule has 1 aromatic rings. The lowest BCUT2D eigenvalue weighted by Gasteiger charge is -2.21. The molecule has 1 aromatic heterocycles. The van der Waals surface area contributed by atoms with E-state index in [0.29, 0.717) is 12.6 Å². The van der Waals surface area contributed by atoms with Gasteiger partial charge in [0.05, 0.1) is 6.54 Å². The second-order valence-corrected chi connectivity index (χ2v) is 7.11. The molecule has 168 valence electrons. The Morgan fingerprint density at radius 1 is 1.07 bits per heavy atom. The van der Waals surface area contributed by atoms with Crippen LogP contribution >= 0.6 is 24.0 Å². The lowest BCUT2D eigenvalue weighted by molar-refractivity contribution is 0.292. The van der Waals surface area contributed by atoms with Gasteiger partial charge in [-0.15, -0.1) is 24.0 Å². The number of aromatic nitrogens is 1. The highest BCUT2D eigenvalue weighted by Crippen LogP contribution is 2.11. The quantitative estimate of drug-likeness (QED) is 0.234. The maximum Gasteiger partial charge on any atom is 0.191 e. The highest BCUT2D eigenvalue weighted by atomic mass is 127. The van der Waals surface area contributed by atoms with E-state index in [1.54, 1.807) is 0 Å². The summed E-state index contributed by atoms with van der Waals surface area (Å²) in [7, 11) is 0. The Balaban J connectivity index is 0.00000784. The first-order valence-electron chi connectivity index (χ1n) is 11.0. The van der Waals surface area contributed by atoms with Crippen LogP contribution in [0.4, 0.5) is 5.82 Å². The summed E-state index contributed by atoms with van der Waals surface area (Å²) in [4.78, 5) is 14.1. The minimum absolute atomic E-state index is 0. The minimum atomic E-state index is 0. The van der Waals surface area contributed by atoms with Gasteiger partial charge in [-0.25, -0.2) is 9.98 Å². The van der Waals surface area contributed by atoms with E-state index in [1.807, 2.05) is 6.20 Å². The molecule has 0 bridgehead atoms. The summed E-state index contributed by atoms with van der Waals surface area (Å²) in [6, 6.07) is 4.62. The molecule has 1 heterocycles. The van der Waals surface area contributed by atoms with Gasteiger partial charge in [-0.3, -0.25) is 0 Å². The summed E-state index contributed by atoms with van der Waals surface area (Å²) >= 11 is 0. The van der Waals surface area contributed by atoms with Gasteiger partial charge in [0.2, 0.25) is 0 Å². The van der Waals surface area contributed by atoms with E-state index in [1.165, 1.54) is 6.42 Å². The zero-order chi connectivity index (χ0) is 20.8. The third-order valence-electron chi connectivity index (χ3n) is 5.05. The van der Waals surface area contributed by atoms with Gasteiger partial charge in [0, 0.05) is 31.9 Å². The van der Waals surface area contributed by atoms with Crippen LogP contribution in [-0.2, 0) is 6.54 Å². The second-order valence-electron chi connectivity index (χ2n) is 7.11. The molecule has 0 spiro atoms. The van der Waals surface area contributed by atoms with Crippen LogP contribution in [0.1, 0.15) is 59.9 Å². The number of rotatable bonds is 13. The summed E-state index contributed by atoms with van der Waals surface area (Å²) in [5.74, 6) is 1.91. The van der Waals surface area contributed by atoms with Crippen LogP contribution in [-0.4, -0.2) is 61.2 Å². The number of nitrogens with zero attached hydrogens (tertiary/aromatic N) is 4. The van der Waals surface area contributed by atoms with Crippen molar-refractivity contribution in [2.24, 2.45) is 4.99 Å². The van der Waals surface area contributed by atoms with Crippen molar-refractivity contribution in [3.8, 4) is 0 Å². The van der Waals surface area contributed by atoms with Gasteiger partial charge in [0.1, 0.15) is 5.82 Å². The average molecular weight is 519 g/mol. The molecular formula is C22H43IN6. The molecule has 7 heteroatoms. The standard InChI is InChI=1S/C22H42N6.HI/c1-7-23-22(26-19(6)13-12-16-27(8-2)9-3)25-18-20-14-15-21(24-17-20)28(10-4)11-5;/h14-15,17,19H,7-13,16,18H2,1-6H3,(H2,23,25,26);1H. The van der Waals surface area contributed by atoms with Gasteiger partial charge in [0.25, 0.3) is 0 Å². The fraction of sp³-hybridized carbons (Fsp3) is 0.727. The molecule has 6 nitrogen and oxygen atoms in total. The maximum absolute atomic E-state index is 4.74. The van der Waals surface area contributed by atoms with Crippen LogP contribution in [0.3, 0.4) is 0 Å². The summed E-state index contributed by atoms with van der Waals surface area (Å²) in [5, 5.41) is 6.89. The Labute approximate surface area is 196 Å². The van der Waals surface area contributed by atoms with Gasteiger partial charge in [-0.1, -0.05) is 19.9 Å². The Hall–Kier alpha value is -1.09. The number of hydrogen-bond donors (Lipinski definition) is 2. The maximum atomic E-state index is 4.74. The topological polar surface area (TPSA) is 55.8 Å². The van der Waals surface area contributed by atoms with Crippen molar-refractivity contribution < 1.29 is 0 Å². The average Bonchev–Trinajstić information content (AvgIpc) is 2.71. The fourth-order valence-corrected chi connectivity index (χ4v) is 3.20. The molecule has 0 saturated carbocycles. The highest BCUT2D eigenvalue weighted by molar-refractivity contribution is 14.0. The molecule has 1 unspecified atom stereocenters. The van der Waals surface area contributed by atoms with Crippen molar-refractivity contribution in [2.45, 2.75) is 67.0 Å². The fourth-order valence-electron chi connectivity index (χ4n) is 3.20. The van der Waals surface area contributed by atoms with Crippen molar-refractivity contribution >= 4 is 35.8 Å². The minimum Gasteiger partial charge on any atom is -0.357 e. The van der Waals surface area contributed by atoms with Crippen molar-refractivity contribution in [3.05, 3.63) is 23.9 Å². The monoisotopic (exact) mass is 518 g/mol. The Bertz CT molecular complexity index is 541. The molecule has 0 aromatic carbocycles. The molecule has 1 atom stereocenters. The molecule has 0 aliphatic rings. The van der Waals surface area contributed by atoms with Crippen molar-refractivity contribution in [2.75, 3.05) is 44.2 Å². The number of nitrogens with one attached hydrogen (secondary N) is 2. The number of halogens is 1. The summed E-state index contributed by atoms with van der Waals surface area (Å²) in [5.41, 5.74) is 1.13. The van der Waals surface area contributed by atoms with Crippen LogP contribution in [0, 0.1) is 0 Å². The van der Waals surface area contributed by atoms with Crippen LogP contribution in [0.25, 0.3) is 0 Å². The molecule has 29 heavy (non-hydrogen) atoms. The number of aliphatic imine (C=N–C) groups is 1. The predicted octanol–water partition coefficient (Wildman–Crippen LogP) is 4.11. The third-order valence-corrected chi connectivity index (χ3v) is 5.05. The molecule has 0 fully saturated rings. The molecule has 0 saturated heterocycles. The van der Waals surface area contributed by atoms with E-state index < -0.39 is 0 Å². The molecule has 0 radical (unpaired) electrons. The van der Waals surface area contributed by atoms with Crippen LogP contribution < -0.4 is 15.5 Å². The first-order chi connectivity index (χ1) is 13.6. The van der Waals surface area contributed by atoms with Gasteiger partial charge in [-0.05, 0) is 71.8 Å². The number of pyridine rings is 1. The summed E-state index contributed by atoms with van der Waals surface area (Å²) in [6.07, 6.45) is 4.28. The van der Waals surface area contributed by atoms with Gasteiger partial charge < -0.3 is 20.4 Å². The van der Waals surface area contributed by atoms with E-state index in [-0.39, 0.29) is 24.0 Å². The molecular weight excluding hydrogens is 475 g/mol. The van der Waals surface area contributed by atoms with Crippen molar-refractivity contribution in [1.82, 2.24) is 20.5 Å². The van der Waals surface area contributed by atoms with E-state index in [9.17, 15) is 0 Å². The van der Waals surface area contributed by atoms with E-state index in [2.05, 4.69) is 79.1 Å². The Morgan fingerprint density at radius 3 is 2.28 bits per heavy atom. The first-order valence-corrected chi connectivity index (χ1v) is 11.0. The van der Waals surface area contributed by atoms with Gasteiger partial charge >= 0.3 is 0 Å². The molecule has 1 rings (SSSR count). The first kappa shape index (κ1) is 27.9. The van der Waals surface area contributed by atoms with Gasteiger partial charge in [-0.2, -0.15) is 0 Å². The normalized spacial score (nSPS) is 12.4. The molecule has 0 aliphatic carbocycles. The molecule has 2 N–H and O–H groups in total. The van der Waals surface area contributed by atoms with Crippen molar-refractivity contribution in [3.63, 3.8) is 0 Å². The second kappa shape index (κ2) is 16.7. The van der Waals surface area contributed by atoms with E-state index in [0.717, 1.165) is 63.0 Å². The predicted molar refractivity (Wildman–Crippen MR) is 138 cm³/mol. The zero-order valence-corrected chi connectivity index (χ0v) is 21.7. The lowest BCUT2D eigenvalue weighted by atomic mass is 10.2. The van der Waals surface area contributed by atoms with Crippen LogP contribution in [0.15, 0.2) is 23.3 Å². The largest absolute Gasteiger partial charge is 0.357 e. The van der Waals surface area contributed by atoms with Crippen LogP contribution in [0.5, 0.6) is 0 Å². The number of hydrogen-bond acceptors (Lipinski definition) is 4. The molecule has 0 aliphatic heterocycles. The summed E-state index contributed by atoms with van der Waals surface area (Å²) < 4.78 is 0. The van der Waals surface area contributed by atoms with E-state index >= 15 is 0 Å².